The molecule has 0 radical (unpaired) electrons. The molecule has 0 bridgehead atoms. The predicted octanol–water partition coefficient (Wildman–Crippen LogP) is 7.34. The van der Waals surface area contributed by atoms with Gasteiger partial charge in [-0.25, -0.2) is 4.39 Å². The number of benzene rings is 3. The molecule has 2 aliphatic heterocycles. The summed E-state index contributed by atoms with van der Waals surface area (Å²) in [7, 11) is 0. The fourth-order valence-electron chi connectivity index (χ4n) is 5.29. The molecule has 1 fully saturated rings. The van der Waals surface area contributed by atoms with Crippen LogP contribution in [0.1, 0.15) is 42.9 Å². The summed E-state index contributed by atoms with van der Waals surface area (Å²) in [6.07, 6.45) is 1.98. The average Bonchev–Trinajstić information content (AvgIpc) is 3.30. The number of hydrogen-bond donors (Lipinski definition) is 1. The van der Waals surface area contributed by atoms with E-state index in [-0.39, 0.29) is 36.4 Å². The van der Waals surface area contributed by atoms with Crippen LogP contribution in [0.5, 0.6) is 17.2 Å². The number of phenolic OH excluding ortho intramolecular Hbond substituents is 1. The highest BCUT2D eigenvalue weighted by Gasteiger charge is 2.26. The minimum Gasteiger partial charge on any atom is -0.508 e. The SMILES string of the molecule is CCOc1ccc(C2=C(c3ccc(O[C@H]4CCN(CCCF)C4)cc3)c3ccc(O)cc3SCC2)c(F)c1F. The van der Waals surface area contributed by atoms with Gasteiger partial charge >= 0.3 is 0 Å². The number of ether oxygens (including phenoxy) is 2. The monoisotopic (exact) mass is 555 g/mol. The molecule has 3 aromatic carbocycles. The molecule has 2 heterocycles. The van der Waals surface area contributed by atoms with Gasteiger partial charge in [-0.1, -0.05) is 12.1 Å². The Labute approximate surface area is 231 Å². The summed E-state index contributed by atoms with van der Waals surface area (Å²) in [5.41, 5.74) is 3.39. The molecule has 2 aliphatic rings. The second-order valence-electron chi connectivity index (χ2n) is 9.70. The van der Waals surface area contributed by atoms with E-state index in [1.165, 1.54) is 6.07 Å². The zero-order valence-electron chi connectivity index (χ0n) is 21.9. The van der Waals surface area contributed by atoms with Crippen LogP contribution < -0.4 is 9.47 Å². The van der Waals surface area contributed by atoms with Crippen molar-refractivity contribution in [1.82, 2.24) is 4.90 Å². The van der Waals surface area contributed by atoms with Gasteiger partial charge in [-0.3, -0.25) is 9.29 Å². The Balaban J connectivity index is 1.51. The maximum atomic E-state index is 15.5. The number of hydrogen-bond acceptors (Lipinski definition) is 5. The standard InChI is InChI=1S/C31H32F3NO3S/c1-2-37-27-11-10-25(30(33)31(27)34)24-13-17-39-28-18-21(36)6-9-26(28)29(24)20-4-7-22(8-5-20)38-23-12-16-35(19-23)15-3-14-32/h4-11,18,23,36H,2-3,12-17,19H2,1H3/t23-/m0/s1. The normalized spacial score (nSPS) is 17.7. The lowest BCUT2D eigenvalue weighted by molar-refractivity contribution is 0.198. The Morgan fingerprint density at radius 2 is 1.82 bits per heavy atom. The fourth-order valence-corrected chi connectivity index (χ4v) is 6.35. The number of alkyl halides is 1. The summed E-state index contributed by atoms with van der Waals surface area (Å²) in [5.74, 6) is -0.505. The highest BCUT2D eigenvalue weighted by molar-refractivity contribution is 7.99. The Morgan fingerprint density at radius 1 is 1.03 bits per heavy atom. The second kappa shape index (κ2) is 12.4. The van der Waals surface area contributed by atoms with E-state index in [0.717, 1.165) is 53.4 Å². The molecule has 206 valence electrons. The highest BCUT2D eigenvalue weighted by atomic mass is 32.2. The van der Waals surface area contributed by atoms with Crippen molar-refractivity contribution >= 4 is 22.9 Å². The average molecular weight is 556 g/mol. The topological polar surface area (TPSA) is 41.9 Å². The largest absolute Gasteiger partial charge is 0.508 e. The molecule has 1 saturated heterocycles. The van der Waals surface area contributed by atoms with E-state index in [9.17, 15) is 13.9 Å². The van der Waals surface area contributed by atoms with Crippen molar-refractivity contribution in [1.29, 1.82) is 0 Å². The van der Waals surface area contributed by atoms with Crippen molar-refractivity contribution in [3.63, 3.8) is 0 Å². The minimum atomic E-state index is -0.995. The summed E-state index contributed by atoms with van der Waals surface area (Å²) in [4.78, 5) is 3.10. The molecule has 39 heavy (non-hydrogen) atoms. The molecule has 0 spiro atoms. The number of rotatable bonds is 9. The summed E-state index contributed by atoms with van der Waals surface area (Å²) in [6.45, 7) is 4.06. The maximum absolute atomic E-state index is 15.5. The van der Waals surface area contributed by atoms with Crippen LogP contribution in [0.3, 0.4) is 0 Å². The summed E-state index contributed by atoms with van der Waals surface area (Å²) in [5, 5.41) is 10.1. The van der Waals surface area contributed by atoms with Crippen molar-refractivity contribution in [3.05, 3.63) is 82.9 Å². The first-order chi connectivity index (χ1) is 19.0. The van der Waals surface area contributed by atoms with Crippen LogP contribution >= 0.6 is 11.8 Å². The van der Waals surface area contributed by atoms with Gasteiger partial charge < -0.3 is 14.6 Å². The number of fused-ring (bicyclic) bond motifs is 1. The Bertz CT molecular complexity index is 1350. The van der Waals surface area contributed by atoms with Crippen LogP contribution in [0.4, 0.5) is 13.2 Å². The third kappa shape index (κ3) is 6.07. The van der Waals surface area contributed by atoms with Gasteiger partial charge in [0.1, 0.15) is 17.6 Å². The molecule has 1 N–H and O–H groups in total. The number of nitrogens with zero attached hydrogens (tertiary/aromatic N) is 1. The molecule has 5 rings (SSSR count). The fraction of sp³-hybridized carbons (Fsp3) is 0.355. The highest BCUT2D eigenvalue weighted by Crippen LogP contribution is 2.45. The molecule has 0 unspecified atom stereocenters. The van der Waals surface area contributed by atoms with Gasteiger partial charge in [0.2, 0.25) is 5.82 Å². The van der Waals surface area contributed by atoms with E-state index >= 15 is 4.39 Å². The lowest BCUT2D eigenvalue weighted by Gasteiger charge is -2.19. The third-order valence-electron chi connectivity index (χ3n) is 7.10. The van der Waals surface area contributed by atoms with E-state index in [1.807, 2.05) is 30.3 Å². The first kappa shape index (κ1) is 27.5. The van der Waals surface area contributed by atoms with Gasteiger partial charge in [-0.2, -0.15) is 4.39 Å². The molecule has 0 aliphatic carbocycles. The smallest absolute Gasteiger partial charge is 0.201 e. The molecule has 8 heteroatoms. The molecular weight excluding hydrogens is 523 g/mol. The van der Waals surface area contributed by atoms with E-state index < -0.39 is 11.6 Å². The van der Waals surface area contributed by atoms with Crippen molar-refractivity contribution in [2.45, 2.75) is 37.2 Å². The van der Waals surface area contributed by atoms with Gasteiger partial charge in [0.25, 0.3) is 0 Å². The number of aromatic hydroxyl groups is 1. The molecule has 0 amide bonds. The zero-order valence-corrected chi connectivity index (χ0v) is 22.7. The van der Waals surface area contributed by atoms with Crippen molar-refractivity contribution in [3.8, 4) is 17.2 Å². The van der Waals surface area contributed by atoms with Crippen LogP contribution in [-0.4, -0.2) is 54.8 Å². The van der Waals surface area contributed by atoms with Crippen LogP contribution in [-0.2, 0) is 0 Å². The van der Waals surface area contributed by atoms with E-state index in [4.69, 9.17) is 9.47 Å². The van der Waals surface area contributed by atoms with Crippen molar-refractivity contribution in [2.75, 3.05) is 38.7 Å². The summed E-state index contributed by atoms with van der Waals surface area (Å²) >= 11 is 1.58. The number of allylic oxidation sites excluding steroid dienone is 1. The van der Waals surface area contributed by atoms with E-state index in [0.29, 0.717) is 24.2 Å². The second-order valence-corrected chi connectivity index (χ2v) is 10.8. The van der Waals surface area contributed by atoms with Gasteiger partial charge in [0, 0.05) is 35.8 Å². The first-order valence-corrected chi connectivity index (χ1v) is 14.3. The molecule has 0 aromatic heterocycles. The van der Waals surface area contributed by atoms with Crippen LogP contribution in [0.2, 0.25) is 0 Å². The molecular formula is C31H32F3NO3S. The predicted molar refractivity (Wildman–Crippen MR) is 149 cm³/mol. The Hall–Kier alpha value is -3.10. The third-order valence-corrected chi connectivity index (χ3v) is 8.16. The maximum Gasteiger partial charge on any atom is 0.201 e. The quantitative estimate of drug-likeness (QED) is 0.299. The molecule has 0 saturated carbocycles. The number of phenols is 1. The first-order valence-electron chi connectivity index (χ1n) is 13.3. The summed E-state index contributed by atoms with van der Waals surface area (Å²) < 4.78 is 54.4. The molecule has 4 nitrogen and oxygen atoms in total. The van der Waals surface area contributed by atoms with Gasteiger partial charge in [0.15, 0.2) is 11.6 Å². The van der Waals surface area contributed by atoms with Crippen LogP contribution in [0, 0.1) is 11.6 Å². The number of halogens is 3. The molecule has 1 atom stereocenters. The number of thioether (sulfide) groups is 1. The lowest BCUT2D eigenvalue weighted by atomic mass is 9.88. The Morgan fingerprint density at radius 3 is 2.59 bits per heavy atom. The lowest BCUT2D eigenvalue weighted by Crippen LogP contribution is -2.26. The number of likely N-dealkylation sites (tertiary alicyclic amines) is 1. The van der Waals surface area contributed by atoms with Gasteiger partial charge in [-0.15, -0.1) is 11.8 Å². The zero-order chi connectivity index (χ0) is 27.4. The van der Waals surface area contributed by atoms with E-state index in [1.54, 1.807) is 36.9 Å². The molecule has 3 aromatic rings. The van der Waals surface area contributed by atoms with Crippen LogP contribution in [0.25, 0.3) is 11.1 Å². The van der Waals surface area contributed by atoms with Gasteiger partial charge in [-0.05, 0) is 90.9 Å². The van der Waals surface area contributed by atoms with Crippen molar-refractivity contribution in [2.24, 2.45) is 0 Å². The van der Waals surface area contributed by atoms with Crippen molar-refractivity contribution < 1.29 is 27.8 Å². The van der Waals surface area contributed by atoms with E-state index in [2.05, 4.69) is 4.90 Å². The van der Waals surface area contributed by atoms with Gasteiger partial charge in [0.05, 0.1) is 13.3 Å². The van der Waals surface area contributed by atoms with Crippen LogP contribution in [0.15, 0.2) is 59.5 Å². The Kier molecular flexibility index (Phi) is 8.72. The summed E-state index contributed by atoms with van der Waals surface area (Å²) in [6, 6.07) is 15.9. The minimum absolute atomic E-state index is 0.0455.